The Labute approximate surface area is 171 Å². The first kappa shape index (κ1) is 22.6. The molecule has 1 atom stereocenters. The van der Waals surface area contributed by atoms with Crippen LogP contribution in [-0.2, 0) is 19.6 Å². The first-order valence-corrected chi connectivity index (χ1v) is 10.6. The number of esters is 1. The van der Waals surface area contributed by atoms with Gasteiger partial charge in [-0.3, -0.25) is 9.59 Å². The van der Waals surface area contributed by atoms with E-state index in [4.69, 9.17) is 9.47 Å². The van der Waals surface area contributed by atoms with Gasteiger partial charge in [0.25, 0.3) is 0 Å². The van der Waals surface area contributed by atoms with Gasteiger partial charge in [0.2, 0.25) is 10.0 Å². The van der Waals surface area contributed by atoms with Crippen molar-refractivity contribution < 1.29 is 27.5 Å². The van der Waals surface area contributed by atoms with Crippen molar-refractivity contribution >= 4 is 21.8 Å². The van der Waals surface area contributed by atoms with Crippen LogP contribution in [0.3, 0.4) is 0 Å². The summed E-state index contributed by atoms with van der Waals surface area (Å²) in [7, 11) is -2.48. The second-order valence-corrected chi connectivity index (χ2v) is 8.59. The molecule has 0 aliphatic heterocycles. The van der Waals surface area contributed by atoms with Gasteiger partial charge in [-0.2, -0.15) is 4.72 Å². The Morgan fingerprint density at radius 2 is 1.62 bits per heavy atom. The summed E-state index contributed by atoms with van der Waals surface area (Å²) in [6, 6.07) is 13.1. The van der Waals surface area contributed by atoms with Crippen molar-refractivity contribution in [2.24, 2.45) is 5.92 Å². The maximum atomic E-state index is 12.7. The lowest BCUT2D eigenvalue weighted by Gasteiger charge is -2.19. The van der Waals surface area contributed by atoms with Crippen LogP contribution >= 0.6 is 0 Å². The summed E-state index contributed by atoms with van der Waals surface area (Å²) < 4.78 is 37.8. The molecule has 7 nitrogen and oxygen atoms in total. The number of rotatable bonds is 10. The molecule has 0 radical (unpaired) electrons. The van der Waals surface area contributed by atoms with E-state index in [1.807, 2.05) is 13.8 Å². The third kappa shape index (κ3) is 6.69. The molecule has 1 N–H and O–H groups in total. The maximum Gasteiger partial charge on any atom is 0.324 e. The molecule has 0 amide bonds. The Morgan fingerprint density at radius 3 is 2.17 bits per heavy atom. The summed E-state index contributed by atoms with van der Waals surface area (Å²) in [5.74, 6) is -0.613. The summed E-state index contributed by atoms with van der Waals surface area (Å²) >= 11 is 0. The molecule has 0 aromatic heterocycles. The van der Waals surface area contributed by atoms with Gasteiger partial charge in [0.1, 0.15) is 11.8 Å². The minimum Gasteiger partial charge on any atom is -0.497 e. The molecule has 0 bridgehead atoms. The first-order chi connectivity index (χ1) is 13.7. The van der Waals surface area contributed by atoms with Crippen LogP contribution in [0.15, 0.2) is 59.5 Å². The third-order valence-electron chi connectivity index (χ3n) is 4.10. The zero-order valence-electron chi connectivity index (χ0n) is 16.6. The van der Waals surface area contributed by atoms with Crippen molar-refractivity contribution in [3.63, 3.8) is 0 Å². The topological polar surface area (TPSA) is 98.8 Å². The number of hydrogen-bond acceptors (Lipinski definition) is 6. The summed E-state index contributed by atoms with van der Waals surface area (Å²) in [5.41, 5.74) is 0.416. The van der Waals surface area contributed by atoms with Gasteiger partial charge in [-0.25, -0.2) is 8.42 Å². The van der Waals surface area contributed by atoms with Crippen LogP contribution in [0.25, 0.3) is 0 Å². The van der Waals surface area contributed by atoms with Crippen molar-refractivity contribution in [1.82, 2.24) is 4.72 Å². The highest BCUT2D eigenvalue weighted by Gasteiger charge is 2.28. The van der Waals surface area contributed by atoms with Crippen molar-refractivity contribution in [2.45, 2.75) is 31.2 Å². The Morgan fingerprint density at radius 1 is 1.00 bits per heavy atom. The summed E-state index contributed by atoms with van der Waals surface area (Å²) in [5, 5.41) is 0. The van der Waals surface area contributed by atoms with Crippen LogP contribution < -0.4 is 9.46 Å². The first-order valence-electron chi connectivity index (χ1n) is 9.14. The number of nitrogens with one attached hydrogen (secondary N) is 1. The van der Waals surface area contributed by atoms with Crippen LogP contribution in [-0.4, -0.2) is 39.9 Å². The normalized spacial score (nSPS) is 12.4. The van der Waals surface area contributed by atoms with Gasteiger partial charge in [-0.05, 0) is 36.6 Å². The Hall–Kier alpha value is -2.71. The number of methoxy groups -OCH3 is 1. The average molecular weight is 419 g/mol. The highest BCUT2D eigenvalue weighted by molar-refractivity contribution is 7.89. The van der Waals surface area contributed by atoms with E-state index >= 15 is 0 Å². The molecule has 0 spiro atoms. The molecule has 2 aromatic rings. The highest BCUT2D eigenvalue weighted by Crippen LogP contribution is 2.17. The van der Waals surface area contributed by atoms with E-state index in [1.54, 1.807) is 30.3 Å². The molecule has 2 aromatic carbocycles. The number of ketones is 1. The molecule has 0 saturated heterocycles. The zero-order chi connectivity index (χ0) is 21.4. The fourth-order valence-corrected chi connectivity index (χ4v) is 3.82. The number of benzene rings is 2. The van der Waals surface area contributed by atoms with Crippen LogP contribution in [0.2, 0.25) is 0 Å². The summed E-state index contributed by atoms with van der Waals surface area (Å²) in [6.45, 7) is 3.26. The fraction of sp³-hybridized carbons (Fsp3) is 0.333. The van der Waals surface area contributed by atoms with Gasteiger partial charge < -0.3 is 9.47 Å². The van der Waals surface area contributed by atoms with Crippen molar-refractivity contribution in [3.8, 4) is 5.75 Å². The van der Waals surface area contributed by atoms with Crippen molar-refractivity contribution in [2.75, 3.05) is 13.7 Å². The number of hydrogen-bond donors (Lipinski definition) is 1. The lowest BCUT2D eigenvalue weighted by molar-refractivity contribution is -0.144. The minimum atomic E-state index is -3.96. The van der Waals surface area contributed by atoms with Crippen LogP contribution in [0.4, 0.5) is 0 Å². The van der Waals surface area contributed by atoms with E-state index < -0.39 is 28.6 Å². The van der Waals surface area contributed by atoms with E-state index in [9.17, 15) is 18.0 Å². The quantitative estimate of drug-likeness (QED) is 0.470. The second-order valence-electron chi connectivity index (χ2n) is 6.88. The fourth-order valence-electron chi connectivity index (χ4n) is 2.62. The largest absolute Gasteiger partial charge is 0.497 e. The predicted octanol–water partition coefficient (Wildman–Crippen LogP) is 2.81. The van der Waals surface area contributed by atoms with Gasteiger partial charge in [0.05, 0.1) is 12.0 Å². The standard InChI is InChI=1S/C21H25NO6S/c1-15(2)13-19(21(24)28-14-20(23)16-7-5-4-6-8-16)22-29(25,26)18-11-9-17(27-3)10-12-18/h4-12,15,19,22H,13-14H2,1-3H3/t19-/m1/s1. The second kappa shape index (κ2) is 10.2. The molecule has 0 aliphatic rings. The molecule has 0 fully saturated rings. The van der Waals surface area contributed by atoms with Gasteiger partial charge in [-0.15, -0.1) is 0 Å². The summed E-state index contributed by atoms with van der Waals surface area (Å²) in [4.78, 5) is 24.6. The Balaban J connectivity index is 2.08. The van der Waals surface area contributed by atoms with E-state index in [0.717, 1.165) is 0 Å². The molecule has 29 heavy (non-hydrogen) atoms. The average Bonchev–Trinajstić information content (AvgIpc) is 2.71. The molecular weight excluding hydrogens is 394 g/mol. The van der Waals surface area contributed by atoms with Gasteiger partial charge >= 0.3 is 5.97 Å². The molecule has 0 aliphatic carbocycles. The smallest absolute Gasteiger partial charge is 0.324 e. The lowest BCUT2D eigenvalue weighted by atomic mass is 10.0. The SMILES string of the molecule is COc1ccc(S(=O)(=O)N[C@H](CC(C)C)C(=O)OCC(=O)c2ccccc2)cc1. The number of carbonyl (C=O) groups excluding carboxylic acids is 2. The number of Topliss-reactive ketones (excluding diaryl/α,β-unsaturated/α-hetero) is 1. The maximum absolute atomic E-state index is 12.7. The van der Waals surface area contributed by atoms with Crippen LogP contribution in [0.1, 0.15) is 30.6 Å². The Bertz CT molecular complexity index is 923. The van der Waals surface area contributed by atoms with Crippen molar-refractivity contribution in [3.05, 3.63) is 60.2 Å². The molecule has 0 heterocycles. The molecule has 2 rings (SSSR count). The van der Waals surface area contributed by atoms with Crippen molar-refractivity contribution in [1.29, 1.82) is 0 Å². The van der Waals surface area contributed by atoms with Gasteiger partial charge in [0.15, 0.2) is 12.4 Å². The number of sulfonamides is 1. The minimum absolute atomic E-state index is 0.000202. The van der Waals surface area contributed by atoms with Gasteiger partial charge in [-0.1, -0.05) is 44.2 Å². The molecule has 0 unspecified atom stereocenters. The number of ether oxygens (including phenoxy) is 2. The van der Waals surface area contributed by atoms with Crippen LogP contribution in [0.5, 0.6) is 5.75 Å². The van der Waals surface area contributed by atoms with E-state index in [1.165, 1.54) is 31.4 Å². The lowest BCUT2D eigenvalue weighted by Crippen LogP contribution is -2.43. The summed E-state index contributed by atoms with van der Waals surface area (Å²) in [6.07, 6.45) is 0.230. The molecule has 0 saturated carbocycles. The monoisotopic (exact) mass is 419 g/mol. The van der Waals surface area contributed by atoms with E-state index in [2.05, 4.69) is 4.72 Å². The third-order valence-corrected chi connectivity index (χ3v) is 5.59. The highest BCUT2D eigenvalue weighted by atomic mass is 32.2. The van der Waals surface area contributed by atoms with Gasteiger partial charge in [0, 0.05) is 5.56 Å². The predicted molar refractivity (Wildman–Crippen MR) is 108 cm³/mol. The molecular formula is C21H25NO6S. The van der Waals surface area contributed by atoms with Crippen LogP contribution in [0, 0.1) is 5.92 Å². The molecule has 8 heteroatoms. The Kier molecular flexibility index (Phi) is 7.92. The zero-order valence-corrected chi connectivity index (χ0v) is 17.4. The van der Waals surface area contributed by atoms with E-state index in [0.29, 0.717) is 11.3 Å². The number of carbonyl (C=O) groups is 2. The molecule has 156 valence electrons. The van der Waals surface area contributed by atoms with E-state index in [-0.39, 0.29) is 23.0 Å².